The molecule has 0 bridgehead atoms. The molecule has 1 aliphatic rings. The van der Waals surface area contributed by atoms with Gasteiger partial charge in [0.05, 0.1) is 30.4 Å². The molecule has 0 spiro atoms. The van der Waals surface area contributed by atoms with E-state index >= 15 is 0 Å². The quantitative estimate of drug-likeness (QED) is 0.0832. The predicted molar refractivity (Wildman–Crippen MR) is 142 cm³/mol. The molecule has 0 saturated carbocycles. The first-order valence-electron chi connectivity index (χ1n) is 11.5. The summed E-state index contributed by atoms with van der Waals surface area (Å²) >= 11 is 2.25. The molecule has 182 valence electrons. The van der Waals surface area contributed by atoms with Crippen molar-refractivity contribution in [3.63, 3.8) is 0 Å². The van der Waals surface area contributed by atoms with E-state index < -0.39 is 18.4 Å². The number of benzene rings is 3. The van der Waals surface area contributed by atoms with E-state index in [1.807, 2.05) is 91.0 Å². The number of hydrogen-bond acceptors (Lipinski definition) is 5. The molecule has 7 nitrogen and oxygen atoms in total. The fraction of sp³-hybridized carbons (Fsp3) is 0.333. The van der Waals surface area contributed by atoms with Gasteiger partial charge in [0, 0.05) is 4.91 Å². The van der Waals surface area contributed by atoms with Gasteiger partial charge in [-0.25, -0.2) is 0 Å². The Bertz CT molecular complexity index is 1070. The Morgan fingerprint density at radius 3 is 1.94 bits per heavy atom. The molecule has 4 rings (SSSR count). The number of alkyl halides is 1. The molecule has 5 atom stereocenters. The van der Waals surface area contributed by atoms with Crippen molar-refractivity contribution in [3.8, 4) is 0 Å². The van der Waals surface area contributed by atoms with Gasteiger partial charge in [0.15, 0.2) is 6.23 Å². The lowest BCUT2D eigenvalue weighted by Gasteiger charge is -2.29. The van der Waals surface area contributed by atoms with E-state index in [2.05, 4.69) is 32.6 Å². The third-order valence-electron chi connectivity index (χ3n) is 5.72. The van der Waals surface area contributed by atoms with Gasteiger partial charge in [-0.05, 0) is 22.2 Å². The molecule has 3 aromatic rings. The van der Waals surface area contributed by atoms with Gasteiger partial charge in [-0.15, -0.1) is 0 Å². The number of azide groups is 1. The van der Waals surface area contributed by atoms with E-state index in [0.29, 0.717) is 26.4 Å². The molecule has 2 unspecified atom stereocenters. The zero-order valence-corrected chi connectivity index (χ0v) is 21.4. The van der Waals surface area contributed by atoms with Crippen molar-refractivity contribution in [2.75, 3.05) is 6.61 Å². The maximum atomic E-state index is 9.06. The Hall–Kier alpha value is -2.46. The minimum atomic E-state index is -0.650. The fourth-order valence-corrected chi connectivity index (χ4v) is 4.86. The molecule has 1 fully saturated rings. The van der Waals surface area contributed by atoms with Crippen LogP contribution in [0, 0.1) is 0 Å². The number of hydrogen-bond donors (Lipinski definition) is 0. The van der Waals surface area contributed by atoms with Crippen LogP contribution in [0.1, 0.15) is 16.7 Å². The van der Waals surface area contributed by atoms with E-state index in [1.54, 1.807) is 0 Å². The Morgan fingerprint density at radius 1 is 0.829 bits per heavy atom. The monoisotopic (exact) mass is 585 g/mol. The summed E-state index contributed by atoms with van der Waals surface area (Å²) in [5.41, 5.74) is 12.3. The van der Waals surface area contributed by atoms with Gasteiger partial charge >= 0.3 is 0 Å². The zero-order chi connectivity index (χ0) is 24.3. The molecule has 0 aromatic heterocycles. The molecule has 35 heavy (non-hydrogen) atoms. The van der Waals surface area contributed by atoms with Crippen LogP contribution in [0.4, 0.5) is 0 Å². The number of rotatable bonds is 12. The fourth-order valence-electron chi connectivity index (χ4n) is 3.93. The second-order valence-electron chi connectivity index (χ2n) is 8.24. The summed E-state index contributed by atoms with van der Waals surface area (Å²) in [5, 5.41) is 3.86. The minimum absolute atomic E-state index is 0.172. The minimum Gasteiger partial charge on any atom is -0.374 e. The second-order valence-corrected chi connectivity index (χ2v) is 9.68. The summed E-state index contributed by atoms with van der Waals surface area (Å²) in [6.07, 6.45) is -1.87. The number of ether oxygens (including phenoxy) is 4. The highest BCUT2D eigenvalue weighted by Gasteiger charge is 2.47. The smallest absolute Gasteiger partial charge is 0.151 e. The maximum absolute atomic E-state index is 9.06. The summed E-state index contributed by atoms with van der Waals surface area (Å²) in [6, 6.07) is 29.9. The first kappa shape index (κ1) is 25.6. The average Bonchev–Trinajstić information content (AvgIpc) is 3.21. The van der Waals surface area contributed by atoms with Crippen molar-refractivity contribution in [1.82, 2.24) is 0 Å². The molecular weight excluding hydrogens is 557 g/mol. The third-order valence-corrected chi connectivity index (χ3v) is 7.05. The highest BCUT2D eigenvalue weighted by Crippen LogP contribution is 2.34. The molecule has 1 saturated heterocycles. The normalized spacial score (nSPS) is 22.4. The number of halogens is 1. The first-order chi connectivity index (χ1) is 17.2. The zero-order valence-electron chi connectivity index (χ0n) is 19.2. The van der Waals surface area contributed by atoms with Crippen LogP contribution >= 0.6 is 22.6 Å². The van der Waals surface area contributed by atoms with Crippen LogP contribution in [0.5, 0.6) is 0 Å². The standard InChI is InChI=1S/C27H28IN3O4/c28-24-26(34-18-22-14-8-3-9-15-22)25(35-27(24)30-31-29)23(33-17-21-12-6-2-7-13-21)19-32-16-20-10-4-1-5-11-20/h1-15,23-27H,16-19H2/t23?,24-,25?,26+,27+/m0/s1. The van der Waals surface area contributed by atoms with Gasteiger partial charge in [-0.2, -0.15) is 0 Å². The van der Waals surface area contributed by atoms with Gasteiger partial charge < -0.3 is 18.9 Å². The Balaban J connectivity index is 1.49. The van der Waals surface area contributed by atoms with Crippen LogP contribution in [0.3, 0.4) is 0 Å². The largest absolute Gasteiger partial charge is 0.374 e. The molecule has 0 amide bonds. The van der Waals surface area contributed by atoms with Crippen LogP contribution < -0.4 is 0 Å². The van der Waals surface area contributed by atoms with Gasteiger partial charge in [0.25, 0.3) is 0 Å². The Morgan fingerprint density at radius 2 is 1.37 bits per heavy atom. The van der Waals surface area contributed by atoms with Gasteiger partial charge in [-0.3, -0.25) is 0 Å². The van der Waals surface area contributed by atoms with E-state index in [4.69, 9.17) is 24.5 Å². The van der Waals surface area contributed by atoms with Crippen molar-refractivity contribution in [3.05, 3.63) is 118 Å². The van der Waals surface area contributed by atoms with Crippen LogP contribution in [-0.2, 0) is 38.8 Å². The van der Waals surface area contributed by atoms with Crippen molar-refractivity contribution in [2.45, 2.75) is 48.3 Å². The Labute approximate surface area is 219 Å². The van der Waals surface area contributed by atoms with Crippen molar-refractivity contribution >= 4 is 22.6 Å². The van der Waals surface area contributed by atoms with Crippen LogP contribution in [0.25, 0.3) is 10.4 Å². The predicted octanol–water partition coefficient (Wildman–Crippen LogP) is 6.21. The molecule has 8 heteroatoms. The molecule has 0 aliphatic carbocycles. The molecule has 0 radical (unpaired) electrons. The van der Waals surface area contributed by atoms with Crippen molar-refractivity contribution in [2.24, 2.45) is 5.11 Å². The van der Waals surface area contributed by atoms with Crippen LogP contribution in [-0.4, -0.2) is 35.1 Å². The van der Waals surface area contributed by atoms with Crippen molar-refractivity contribution < 1.29 is 18.9 Å². The van der Waals surface area contributed by atoms with E-state index in [9.17, 15) is 0 Å². The van der Waals surface area contributed by atoms with Crippen molar-refractivity contribution in [1.29, 1.82) is 0 Å². The van der Waals surface area contributed by atoms with E-state index in [1.165, 1.54) is 0 Å². The lowest BCUT2D eigenvalue weighted by atomic mass is 10.1. The first-order valence-corrected chi connectivity index (χ1v) is 12.8. The summed E-state index contributed by atoms with van der Waals surface area (Å²) in [7, 11) is 0. The summed E-state index contributed by atoms with van der Waals surface area (Å²) in [4.78, 5) is 2.98. The topological polar surface area (TPSA) is 85.7 Å². The molecule has 1 aliphatic heterocycles. The van der Waals surface area contributed by atoms with Crippen LogP contribution in [0.15, 0.2) is 96.1 Å². The average molecular weight is 585 g/mol. The van der Waals surface area contributed by atoms with Crippen LogP contribution in [0.2, 0.25) is 0 Å². The molecule has 1 heterocycles. The summed E-state index contributed by atoms with van der Waals surface area (Å²) in [5.74, 6) is 0. The lowest BCUT2D eigenvalue weighted by Crippen LogP contribution is -2.43. The highest BCUT2D eigenvalue weighted by atomic mass is 127. The third kappa shape index (κ3) is 7.51. The summed E-state index contributed by atoms with van der Waals surface area (Å²) < 4.78 is 24.8. The van der Waals surface area contributed by atoms with Gasteiger partial charge in [-0.1, -0.05) is 119 Å². The summed E-state index contributed by atoms with van der Waals surface area (Å²) in [6.45, 7) is 1.60. The maximum Gasteiger partial charge on any atom is 0.151 e. The lowest BCUT2D eigenvalue weighted by molar-refractivity contribution is -0.137. The number of nitrogens with zero attached hydrogens (tertiary/aromatic N) is 3. The SMILES string of the molecule is [N-]=[N+]=N[C@@H]1OC(C(COCc2ccccc2)OCc2ccccc2)[C@H](OCc2ccccc2)[C@@H]1I. The molecule has 3 aromatic carbocycles. The van der Waals surface area contributed by atoms with Gasteiger partial charge in [0.1, 0.15) is 18.3 Å². The highest BCUT2D eigenvalue weighted by molar-refractivity contribution is 14.1. The van der Waals surface area contributed by atoms with E-state index in [-0.39, 0.29) is 10.0 Å². The molecular formula is C27H28IN3O4. The molecule has 0 N–H and O–H groups in total. The Kier molecular flexibility index (Phi) is 9.94. The van der Waals surface area contributed by atoms with Gasteiger partial charge in [0.2, 0.25) is 0 Å². The van der Waals surface area contributed by atoms with E-state index in [0.717, 1.165) is 16.7 Å². The second kappa shape index (κ2) is 13.6.